The van der Waals surface area contributed by atoms with E-state index in [0.29, 0.717) is 5.92 Å². The molecular formula is C17H22N2O. The van der Waals surface area contributed by atoms with E-state index in [0.717, 1.165) is 12.1 Å². The maximum absolute atomic E-state index is 5.77. The molecule has 1 N–H and O–H groups in total. The second kappa shape index (κ2) is 5.90. The Morgan fingerprint density at radius 3 is 2.90 bits per heavy atom. The van der Waals surface area contributed by atoms with Gasteiger partial charge in [-0.1, -0.05) is 25.1 Å². The molecule has 0 radical (unpaired) electrons. The largest absolute Gasteiger partial charge is 0.379 e. The molecule has 1 heterocycles. The first-order chi connectivity index (χ1) is 9.83. The molecule has 1 aromatic heterocycles. The first kappa shape index (κ1) is 13.5. The third-order valence-corrected chi connectivity index (χ3v) is 4.10. The number of benzene rings is 1. The number of nitrogens with one attached hydrogen (secondary N) is 1. The van der Waals surface area contributed by atoms with Crippen molar-refractivity contribution < 1.29 is 4.74 Å². The Kier molecular flexibility index (Phi) is 3.99. The summed E-state index contributed by atoms with van der Waals surface area (Å²) in [6.07, 6.45) is 4.68. The third kappa shape index (κ3) is 2.69. The smallest absolute Gasteiger partial charge is 0.0794 e. The van der Waals surface area contributed by atoms with Crippen LogP contribution in [0.1, 0.15) is 31.4 Å². The summed E-state index contributed by atoms with van der Waals surface area (Å²) in [6, 6.07) is 10.9. The normalized spacial score (nSPS) is 18.1. The van der Waals surface area contributed by atoms with Crippen LogP contribution in [-0.4, -0.2) is 24.7 Å². The minimum atomic E-state index is 0.254. The van der Waals surface area contributed by atoms with Crippen LogP contribution in [-0.2, 0) is 4.74 Å². The maximum atomic E-state index is 5.77. The fraction of sp³-hybridized carbons (Fsp3) is 0.471. The highest BCUT2D eigenvalue weighted by molar-refractivity contribution is 5.79. The molecule has 1 saturated carbocycles. The number of fused-ring (bicyclic) bond motifs is 1. The second-order valence-corrected chi connectivity index (χ2v) is 5.53. The van der Waals surface area contributed by atoms with Crippen LogP contribution in [0.4, 0.5) is 0 Å². The Hall–Kier alpha value is -1.45. The summed E-state index contributed by atoms with van der Waals surface area (Å²) in [5.41, 5.74) is 2.33. The summed E-state index contributed by atoms with van der Waals surface area (Å²) in [6.45, 7) is 3.09. The molecule has 0 spiro atoms. The lowest BCUT2D eigenvalue weighted by Gasteiger charge is -2.27. The molecule has 1 aromatic carbocycles. The fourth-order valence-corrected chi connectivity index (χ4v) is 2.95. The van der Waals surface area contributed by atoms with E-state index in [-0.39, 0.29) is 12.1 Å². The molecular weight excluding hydrogens is 248 g/mol. The van der Waals surface area contributed by atoms with Crippen LogP contribution in [0.2, 0.25) is 0 Å². The third-order valence-electron chi connectivity index (χ3n) is 4.10. The Labute approximate surface area is 120 Å². The molecule has 3 heteroatoms. The van der Waals surface area contributed by atoms with E-state index in [2.05, 4.69) is 41.5 Å². The number of aromatic nitrogens is 1. The molecule has 1 fully saturated rings. The number of methoxy groups -OCH3 is 1. The van der Waals surface area contributed by atoms with Crippen LogP contribution in [0.3, 0.4) is 0 Å². The van der Waals surface area contributed by atoms with Crippen molar-refractivity contribution in [2.24, 2.45) is 5.92 Å². The molecule has 1 aliphatic rings. The van der Waals surface area contributed by atoms with Gasteiger partial charge >= 0.3 is 0 Å². The van der Waals surface area contributed by atoms with Crippen molar-refractivity contribution in [3.8, 4) is 0 Å². The molecule has 0 aliphatic heterocycles. The highest BCUT2D eigenvalue weighted by atomic mass is 16.5. The Morgan fingerprint density at radius 2 is 2.20 bits per heavy atom. The second-order valence-electron chi connectivity index (χ2n) is 5.53. The van der Waals surface area contributed by atoms with E-state index >= 15 is 0 Å². The molecule has 106 valence electrons. The fourth-order valence-electron chi connectivity index (χ4n) is 2.95. The van der Waals surface area contributed by atoms with Crippen molar-refractivity contribution >= 4 is 10.9 Å². The maximum Gasteiger partial charge on any atom is 0.0794 e. The molecule has 2 atom stereocenters. The van der Waals surface area contributed by atoms with E-state index in [1.807, 2.05) is 19.4 Å². The predicted octanol–water partition coefficient (Wildman–Crippen LogP) is 3.31. The Morgan fingerprint density at radius 1 is 1.35 bits per heavy atom. The van der Waals surface area contributed by atoms with Crippen molar-refractivity contribution in [2.45, 2.75) is 31.9 Å². The van der Waals surface area contributed by atoms with Gasteiger partial charge in [0.05, 0.1) is 17.7 Å². The summed E-state index contributed by atoms with van der Waals surface area (Å²) in [5, 5.41) is 4.77. The molecule has 3 nitrogen and oxygen atoms in total. The van der Waals surface area contributed by atoms with Crippen LogP contribution in [0, 0.1) is 5.92 Å². The van der Waals surface area contributed by atoms with Crippen molar-refractivity contribution in [3.63, 3.8) is 0 Å². The van der Waals surface area contributed by atoms with Crippen molar-refractivity contribution in [1.82, 2.24) is 10.3 Å². The summed E-state index contributed by atoms with van der Waals surface area (Å²) in [7, 11) is 1.83. The summed E-state index contributed by atoms with van der Waals surface area (Å²) >= 11 is 0. The zero-order valence-corrected chi connectivity index (χ0v) is 12.2. The van der Waals surface area contributed by atoms with Gasteiger partial charge < -0.3 is 10.1 Å². The standard InChI is InChI=1S/C17H22N2O/c1-3-18-16(17(20-2)13-7-8-13)14-9-6-12-5-4-10-19-15(12)11-14/h4-6,9-11,13,16-18H,3,7-8H2,1-2H3. The number of ether oxygens (including phenoxy) is 1. The molecule has 3 rings (SSSR count). The van der Waals surface area contributed by atoms with Crippen LogP contribution in [0.15, 0.2) is 36.5 Å². The predicted molar refractivity (Wildman–Crippen MR) is 81.7 cm³/mol. The molecule has 20 heavy (non-hydrogen) atoms. The number of hydrogen-bond acceptors (Lipinski definition) is 3. The quantitative estimate of drug-likeness (QED) is 0.874. The molecule has 2 aromatic rings. The van der Waals surface area contributed by atoms with Gasteiger partial charge in [-0.2, -0.15) is 0 Å². The molecule has 0 saturated heterocycles. The van der Waals surface area contributed by atoms with E-state index in [9.17, 15) is 0 Å². The van der Waals surface area contributed by atoms with Gasteiger partial charge in [0.1, 0.15) is 0 Å². The van der Waals surface area contributed by atoms with Crippen molar-refractivity contribution in [2.75, 3.05) is 13.7 Å². The highest BCUT2D eigenvalue weighted by Crippen LogP contribution is 2.40. The van der Waals surface area contributed by atoms with Crippen LogP contribution < -0.4 is 5.32 Å². The molecule has 2 unspecified atom stereocenters. The number of nitrogens with zero attached hydrogens (tertiary/aromatic N) is 1. The Balaban J connectivity index is 1.95. The molecule has 1 aliphatic carbocycles. The van der Waals surface area contributed by atoms with Gasteiger partial charge in [0.25, 0.3) is 0 Å². The van der Waals surface area contributed by atoms with Crippen molar-refractivity contribution in [1.29, 1.82) is 0 Å². The topological polar surface area (TPSA) is 34.2 Å². The minimum Gasteiger partial charge on any atom is -0.379 e. The zero-order valence-electron chi connectivity index (χ0n) is 12.2. The van der Waals surface area contributed by atoms with Gasteiger partial charge in [0, 0.05) is 18.7 Å². The first-order valence-corrected chi connectivity index (χ1v) is 7.44. The van der Waals surface area contributed by atoms with Crippen LogP contribution >= 0.6 is 0 Å². The average Bonchev–Trinajstić information content (AvgIpc) is 3.31. The first-order valence-electron chi connectivity index (χ1n) is 7.44. The van der Waals surface area contributed by atoms with Crippen LogP contribution in [0.5, 0.6) is 0 Å². The number of rotatable bonds is 6. The monoisotopic (exact) mass is 270 g/mol. The lowest BCUT2D eigenvalue weighted by molar-refractivity contribution is 0.0512. The lowest BCUT2D eigenvalue weighted by atomic mass is 9.96. The van der Waals surface area contributed by atoms with E-state index < -0.39 is 0 Å². The van der Waals surface area contributed by atoms with E-state index in [4.69, 9.17) is 4.74 Å². The minimum absolute atomic E-state index is 0.254. The number of pyridine rings is 1. The van der Waals surface area contributed by atoms with Gasteiger partial charge in [0.2, 0.25) is 0 Å². The van der Waals surface area contributed by atoms with Crippen LogP contribution in [0.25, 0.3) is 10.9 Å². The van der Waals surface area contributed by atoms with E-state index in [1.54, 1.807) is 0 Å². The van der Waals surface area contributed by atoms with Gasteiger partial charge in [-0.3, -0.25) is 4.98 Å². The number of hydrogen-bond donors (Lipinski definition) is 1. The van der Waals surface area contributed by atoms with Gasteiger partial charge in [-0.25, -0.2) is 0 Å². The van der Waals surface area contributed by atoms with E-state index in [1.165, 1.54) is 23.8 Å². The summed E-state index contributed by atoms with van der Waals surface area (Å²) in [5.74, 6) is 0.698. The van der Waals surface area contributed by atoms with Gasteiger partial charge in [-0.05, 0) is 43.0 Å². The summed E-state index contributed by atoms with van der Waals surface area (Å²) in [4.78, 5) is 4.46. The van der Waals surface area contributed by atoms with Gasteiger partial charge in [0.15, 0.2) is 0 Å². The van der Waals surface area contributed by atoms with Crippen molar-refractivity contribution in [3.05, 3.63) is 42.1 Å². The Bertz CT molecular complexity index is 580. The summed E-state index contributed by atoms with van der Waals surface area (Å²) < 4.78 is 5.77. The SMILES string of the molecule is CCNC(c1ccc2cccnc2c1)C(OC)C1CC1. The lowest BCUT2D eigenvalue weighted by Crippen LogP contribution is -2.34. The molecule has 0 amide bonds. The zero-order chi connectivity index (χ0) is 13.9. The average molecular weight is 270 g/mol. The van der Waals surface area contributed by atoms with Gasteiger partial charge in [-0.15, -0.1) is 0 Å². The number of likely N-dealkylation sites (N-methyl/N-ethyl adjacent to an activating group) is 1. The molecule has 0 bridgehead atoms. The highest BCUT2D eigenvalue weighted by Gasteiger charge is 2.37.